The molecule has 0 radical (unpaired) electrons. The summed E-state index contributed by atoms with van der Waals surface area (Å²) in [5.74, 6) is 0.188. The first-order chi connectivity index (χ1) is 10.2. The van der Waals surface area contributed by atoms with Gasteiger partial charge in [-0.15, -0.1) is 0 Å². The number of carbonyl (C=O) groups excluding carboxylic acids is 1. The first-order valence-corrected chi connectivity index (χ1v) is 6.85. The number of nitrogen functional groups attached to an aromatic ring is 1. The number of anilines is 1. The monoisotopic (exact) mass is 285 g/mol. The molecule has 2 aromatic rings. The maximum atomic E-state index is 11.9. The van der Waals surface area contributed by atoms with E-state index in [1.807, 2.05) is 18.2 Å². The number of esters is 1. The van der Waals surface area contributed by atoms with Gasteiger partial charge in [-0.2, -0.15) is 0 Å². The molecule has 0 bridgehead atoms. The fourth-order valence-electron chi connectivity index (χ4n) is 2.03. The van der Waals surface area contributed by atoms with E-state index in [-0.39, 0.29) is 5.97 Å². The van der Waals surface area contributed by atoms with E-state index in [1.54, 1.807) is 18.2 Å². The summed E-state index contributed by atoms with van der Waals surface area (Å²) in [5, 5.41) is 0. The van der Waals surface area contributed by atoms with Gasteiger partial charge in [-0.3, -0.25) is 0 Å². The molecule has 0 amide bonds. The van der Waals surface area contributed by atoms with Crippen LogP contribution < -0.4 is 10.5 Å². The van der Waals surface area contributed by atoms with Crippen LogP contribution >= 0.6 is 0 Å². The van der Waals surface area contributed by atoms with Gasteiger partial charge in [0.05, 0.1) is 25.0 Å². The van der Waals surface area contributed by atoms with E-state index in [0.717, 1.165) is 12.8 Å². The minimum atomic E-state index is -0.364. The van der Waals surface area contributed by atoms with Crippen LogP contribution in [0.3, 0.4) is 0 Å². The standard InChI is InChI=1S/C17H19NO3/c1-20-16-10-9-14(12-15(16)18)17(19)21-11-5-8-13-6-3-2-4-7-13/h2-4,6-7,9-10,12H,5,8,11,18H2,1H3. The third kappa shape index (κ3) is 4.24. The molecule has 0 aliphatic carbocycles. The predicted molar refractivity (Wildman–Crippen MR) is 82.5 cm³/mol. The van der Waals surface area contributed by atoms with Gasteiger partial charge in [0.2, 0.25) is 0 Å². The van der Waals surface area contributed by atoms with Crippen molar-refractivity contribution in [2.45, 2.75) is 12.8 Å². The smallest absolute Gasteiger partial charge is 0.338 e. The number of hydrogen-bond acceptors (Lipinski definition) is 4. The minimum Gasteiger partial charge on any atom is -0.495 e. The van der Waals surface area contributed by atoms with Gasteiger partial charge in [0.25, 0.3) is 0 Å². The van der Waals surface area contributed by atoms with Gasteiger partial charge in [-0.1, -0.05) is 30.3 Å². The van der Waals surface area contributed by atoms with Crippen molar-refractivity contribution in [3.05, 3.63) is 59.7 Å². The lowest BCUT2D eigenvalue weighted by atomic mass is 10.1. The molecule has 0 saturated carbocycles. The molecule has 0 spiro atoms. The Balaban J connectivity index is 1.80. The second-order valence-electron chi connectivity index (χ2n) is 4.68. The molecule has 2 rings (SSSR count). The van der Waals surface area contributed by atoms with Crippen LogP contribution in [-0.2, 0) is 11.2 Å². The maximum absolute atomic E-state index is 11.9. The Kier molecular flexibility index (Phi) is 5.21. The molecule has 0 heterocycles. The third-order valence-corrected chi connectivity index (χ3v) is 3.15. The Bertz CT molecular complexity index is 596. The molecule has 0 aromatic heterocycles. The third-order valence-electron chi connectivity index (χ3n) is 3.15. The van der Waals surface area contributed by atoms with E-state index in [2.05, 4.69) is 12.1 Å². The molecule has 0 aliphatic heterocycles. The summed E-state index contributed by atoms with van der Waals surface area (Å²) in [5.41, 5.74) is 7.87. The second-order valence-corrected chi connectivity index (χ2v) is 4.68. The van der Waals surface area contributed by atoms with E-state index in [9.17, 15) is 4.79 Å². The molecule has 2 aromatic carbocycles. The second kappa shape index (κ2) is 7.33. The van der Waals surface area contributed by atoms with Gasteiger partial charge in [0, 0.05) is 0 Å². The average molecular weight is 285 g/mol. The summed E-state index contributed by atoms with van der Waals surface area (Å²) < 4.78 is 10.3. The molecule has 4 heteroatoms. The van der Waals surface area contributed by atoms with Crippen molar-refractivity contribution in [3.8, 4) is 5.75 Å². The number of hydrogen-bond donors (Lipinski definition) is 1. The molecular weight excluding hydrogens is 266 g/mol. The van der Waals surface area contributed by atoms with Crippen molar-refractivity contribution in [3.63, 3.8) is 0 Å². The SMILES string of the molecule is COc1ccc(C(=O)OCCCc2ccccc2)cc1N. The van der Waals surface area contributed by atoms with Crippen molar-refractivity contribution in [2.75, 3.05) is 19.5 Å². The van der Waals surface area contributed by atoms with Crippen LogP contribution in [0.5, 0.6) is 5.75 Å². The number of carbonyl (C=O) groups is 1. The summed E-state index contributed by atoms with van der Waals surface area (Å²) in [6.07, 6.45) is 1.68. The summed E-state index contributed by atoms with van der Waals surface area (Å²) in [6, 6.07) is 15.0. The lowest BCUT2D eigenvalue weighted by molar-refractivity contribution is 0.0500. The molecule has 4 nitrogen and oxygen atoms in total. The molecule has 21 heavy (non-hydrogen) atoms. The Hall–Kier alpha value is -2.49. The number of benzene rings is 2. The first-order valence-electron chi connectivity index (χ1n) is 6.85. The van der Waals surface area contributed by atoms with Crippen molar-refractivity contribution in [1.29, 1.82) is 0 Å². The van der Waals surface area contributed by atoms with E-state index in [4.69, 9.17) is 15.2 Å². The van der Waals surface area contributed by atoms with Gasteiger partial charge in [0.1, 0.15) is 5.75 Å². The van der Waals surface area contributed by atoms with Gasteiger partial charge in [0.15, 0.2) is 0 Å². The molecule has 0 fully saturated rings. The summed E-state index contributed by atoms with van der Waals surface area (Å²) in [7, 11) is 1.53. The number of nitrogens with two attached hydrogens (primary N) is 1. The quantitative estimate of drug-likeness (QED) is 0.503. The first kappa shape index (κ1) is 14.9. The Labute approximate surface area is 124 Å². The van der Waals surface area contributed by atoms with Crippen molar-refractivity contribution in [1.82, 2.24) is 0 Å². The molecule has 0 aliphatic rings. The van der Waals surface area contributed by atoms with Crippen LogP contribution in [0.1, 0.15) is 22.3 Å². The Morgan fingerprint density at radius 1 is 1.14 bits per heavy atom. The highest BCUT2D eigenvalue weighted by Crippen LogP contribution is 2.22. The van der Waals surface area contributed by atoms with Crippen LogP contribution in [0.4, 0.5) is 5.69 Å². The number of methoxy groups -OCH3 is 1. The zero-order chi connectivity index (χ0) is 15.1. The molecular formula is C17H19NO3. The fourth-order valence-corrected chi connectivity index (χ4v) is 2.03. The van der Waals surface area contributed by atoms with Crippen LogP contribution in [-0.4, -0.2) is 19.7 Å². The number of aryl methyl sites for hydroxylation is 1. The van der Waals surface area contributed by atoms with Gasteiger partial charge >= 0.3 is 5.97 Å². The number of rotatable bonds is 6. The molecule has 0 unspecified atom stereocenters. The molecule has 110 valence electrons. The lowest BCUT2D eigenvalue weighted by Crippen LogP contribution is -2.08. The van der Waals surface area contributed by atoms with Gasteiger partial charge in [-0.05, 0) is 36.6 Å². The summed E-state index contributed by atoms with van der Waals surface area (Å²) in [4.78, 5) is 11.9. The molecule has 2 N–H and O–H groups in total. The largest absolute Gasteiger partial charge is 0.495 e. The van der Waals surface area contributed by atoms with Crippen LogP contribution in [0.15, 0.2) is 48.5 Å². The normalized spacial score (nSPS) is 10.1. The molecule has 0 saturated heterocycles. The highest BCUT2D eigenvalue weighted by Gasteiger charge is 2.09. The van der Waals surface area contributed by atoms with E-state index < -0.39 is 0 Å². The average Bonchev–Trinajstić information content (AvgIpc) is 2.52. The highest BCUT2D eigenvalue weighted by molar-refractivity contribution is 5.91. The Morgan fingerprint density at radius 2 is 1.90 bits per heavy atom. The van der Waals surface area contributed by atoms with E-state index in [1.165, 1.54) is 12.7 Å². The fraction of sp³-hybridized carbons (Fsp3) is 0.235. The summed E-state index contributed by atoms with van der Waals surface area (Å²) >= 11 is 0. The number of ether oxygens (including phenoxy) is 2. The van der Waals surface area contributed by atoms with Crippen LogP contribution in [0, 0.1) is 0 Å². The van der Waals surface area contributed by atoms with Crippen molar-refractivity contribution in [2.24, 2.45) is 0 Å². The highest BCUT2D eigenvalue weighted by atomic mass is 16.5. The predicted octanol–water partition coefficient (Wildman–Crippen LogP) is 3.07. The zero-order valence-corrected chi connectivity index (χ0v) is 12.0. The maximum Gasteiger partial charge on any atom is 0.338 e. The topological polar surface area (TPSA) is 61.5 Å². The Morgan fingerprint density at radius 3 is 2.57 bits per heavy atom. The van der Waals surface area contributed by atoms with Crippen molar-refractivity contribution >= 4 is 11.7 Å². The van der Waals surface area contributed by atoms with Crippen LogP contribution in [0.2, 0.25) is 0 Å². The minimum absolute atomic E-state index is 0.364. The van der Waals surface area contributed by atoms with Crippen molar-refractivity contribution < 1.29 is 14.3 Å². The van der Waals surface area contributed by atoms with Crippen LogP contribution in [0.25, 0.3) is 0 Å². The molecule has 0 atom stereocenters. The zero-order valence-electron chi connectivity index (χ0n) is 12.0. The van der Waals surface area contributed by atoms with Gasteiger partial charge < -0.3 is 15.2 Å². The van der Waals surface area contributed by atoms with E-state index >= 15 is 0 Å². The lowest BCUT2D eigenvalue weighted by Gasteiger charge is -2.08. The van der Waals surface area contributed by atoms with Gasteiger partial charge in [-0.25, -0.2) is 4.79 Å². The van der Waals surface area contributed by atoms with E-state index in [0.29, 0.717) is 23.6 Å². The summed E-state index contributed by atoms with van der Waals surface area (Å²) in [6.45, 7) is 0.389.